The summed E-state index contributed by atoms with van der Waals surface area (Å²) in [6.07, 6.45) is 5.07. The van der Waals surface area contributed by atoms with Gasteiger partial charge in [0.25, 0.3) is 0 Å². The summed E-state index contributed by atoms with van der Waals surface area (Å²) in [6, 6.07) is 8.26. The monoisotopic (exact) mass is 272 g/mol. The van der Waals surface area contributed by atoms with Crippen LogP contribution in [0.25, 0.3) is 0 Å². The third kappa shape index (κ3) is 8.09. The van der Waals surface area contributed by atoms with Crippen LogP contribution >= 0.6 is 0 Å². The number of esters is 1. The zero-order valence-corrected chi connectivity index (χ0v) is 12.5. The van der Waals surface area contributed by atoms with Crippen LogP contribution in [0.2, 0.25) is 0 Å². The molecule has 2 nitrogen and oxygen atoms in total. The fourth-order valence-electron chi connectivity index (χ4n) is 1.44. The highest BCUT2D eigenvalue weighted by atomic mass is 16.5. The number of carbonyl (C=O) groups excluding carboxylic acids is 1. The van der Waals surface area contributed by atoms with Crippen molar-refractivity contribution >= 4 is 5.97 Å². The van der Waals surface area contributed by atoms with Crippen LogP contribution < -0.4 is 0 Å². The standard InChI is InChI=1S/C14H18O2.C4H6/c1-11(2)14(15)16-10-6-9-13-8-5-4-7-12(13)3;1-3-4-2/h4-5,7-8H,1,6,9-10H2,2-3H3;3-4H,1-2H2. The molecule has 0 spiro atoms. The van der Waals surface area contributed by atoms with Gasteiger partial charge < -0.3 is 4.74 Å². The molecule has 0 N–H and O–H groups in total. The maximum atomic E-state index is 11.1. The summed E-state index contributed by atoms with van der Waals surface area (Å²) in [5.41, 5.74) is 3.05. The molecule has 1 rings (SSSR count). The fourth-order valence-corrected chi connectivity index (χ4v) is 1.44. The first-order chi connectivity index (χ1) is 9.52. The molecule has 0 saturated heterocycles. The lowest BCUT2D eigenvalue weighted by Gasteiger charge is -2.06. The van der Waals surface area contributed by atoms with Crippen molar-refractivity contribution in [3.05, 3.63) is 72.9 Å². The van der Waals surface area contributed by atoms with Crippen LogP contribution in [0.1, 0.15) is 24.5 Å². The van der Waals surface area contributed by atoms with E-state index in [0.717, 1.165) is 12.8 Å². The topological polar surface area (TPSA) is 26.3 Å². The van der Waals surface area contributed by atoms with Crippen LogP contribution in [0.3, 0.4) is 0 Å². The second-order valence-corrected chi connectivity index (χ2v) is 4.42. The van der Waals surface area contributed by atoms with Gasteiger partial charge in [-0.05, 0) is 37.8 Å². The Morgan fingerprint density at radius 2 is 1.85 bits per heavy atom. The van der Waals surface area contributed by atoms with E-state index in [2.05, 4.69) is 38.8 Å². The van der Waals surface area contributed by atoms with Gasteiger partial charge in [0.05, 0.1) is 6.61 Å². The summed E-state index contributed by atoms with van der Waals surface area (Å²) in [6.45, 7) is 14.5. The predicted molar refractivity (Wildman–Crippen MR) is 85.7 cm³/mol. The Morgan fingerprint density at radius 1 is 1.25 bits per heavy atom. The van der Waals surface area contributed by atoms with Crippen LogP contribution in [0.5, 0.6) is 0 Å². The van der Waals surface area contributed by atoms with Crippen molar-refractivity contribution in [3.63, 3.8) is 0 Å². The lowest BCUT2D eigenvalue weighted by molar-refractivity contribution is -0.139. The third-order valence-corrected chi connectivity index (χ3v) is 2.60. The SMILES string of the molecule is C=C(C)C(=O)OCCCc1ccccc1C.C=CC=C. The second-order valence-electron chi connectivity index (χ2n) is 4.42. The lowest BCUT2D eigenvalue weighted by atomic mass is 10.0. The first-order valence-electron chi connectivity index (χ1n) is 6.63. The summed E-state index contributed by atoms with van der Waals surface area (Å²) in [5, 5.41) is 0. The Bertz CT molecular complexity index is 452. The van der Waals surface area contributed by atoms with Crippen molar-refractivity contribution in [3.8, 4) is 0 Å². The minimum Gasteiger partial charge on any atom is -0.462 e. The van der Waals surface area contributed by atoms with E-state index in [9.17, 15) is 4.79 Å². The molecule has 0 fully saturated rings. The molecule has 108 valence electrons. The molecule has 0 aliphatic heterocycles. The molecule has 0 bridgehead atoms. The maximum Gasteiger partial charge on any atom is 0.333 e. The fraction of sp³-hybridized carbons (Fsp3) is 0.278. The second kappa shape index (κ2) is 10.8. The van der Waals surface area contributed by atoms with Crippen molar-refractivity contribution < 1.29 is 9.53 Å². The molecule has 2 heteroatoms. The number of ether oxygens (including phenoxy) is 1. The smallest absolute Gasteiger partial charge is 0.333 e. The van der Waals surface area contributed by atoms with Gasteiger partial charge in [-0.3, -0.25) is 0 Å². The van der Waals surface area contributed by atoms with Crippen molar-refractivity contribution in [2.24, 2.45) is 0 Å². The first kappa shape index (κ1) is 17.9. The van der Waals surface area contributed by atoms with Gasteiger partial charge in [-0.2, -0.15) is 0 Å². The van der Waals surface area contributed by atoms with E-state index in [1.165, 1.54) is 11.1 Å². The van der Waals surface area contributed by atoms with Gasteiger partial charge >= 0.3 is 5.97 Å². The Labute approximate surface area is 122 Å². The summed E-state index contributed by atoms with van der Waals surface area (Å²) in [5.74, 6) is -0.301. The van der Waals surface area contributed by atoms with E-state index in [4.69, 9.17) is 4.74 Å². The van der Waals surface area contributed by atoms with E-state index in [1.807, 2.05) is 12.1 Å². The van der Waals surface area contributed by atoms with Gasteiger partial charge in [0.1, 0.15) is 0 Å². The molecule has 0 heterocycles. The molecule has 0 atom stereocenters. The molecule has 0 radical (unpaired) electrons. The molecule has 0 aromatic heterocycles. The van der Waals surface area contributed by atoms with Gasteiger partial charge in [-0.15, -0.1) is 0 Å². The van der Waals surface area contributed by atoms with Gasteiger partial charge in [-0.1, -0.05) is 56.2 Å². The van der Waals surface area contributed by atoms with Crippen LogP contribution in [0, 0.1) is 6.92 Å². The number of hydrogen-bond acceptors (Lipinski definition) is 2. The lowest BCUT2D eigenvalue weighted by Crippen LogP contribution is -2.07. The quantitative estimate of drug-likeness (QED) is 0.332. The highest BCUT2D eigenvalue weighted by Crippen LogP contribution is 2.09. The van der Waals surface area contributed by atoms with Crippen LogP contribution in [0.15, 0.2) is 61.7 Å². The molecule has 0 aliphatic carbocycles. The van der Waals surface area contributed by atoms with E-state index in [-0.39, 0.29) is 5.97 Å². The maximum absolute atomic E-state index is 11.1. The summed E-state index contributed by atoms with van der Waals surface area (Å²) in [4.78, 5) is 11.1. The van der Waals surface area contributed by atoms with E-state index in [1.54, 1.807) is 19.1 Å². The molecule has 0 saturated carbocycles. The van der Waals surface area contributed by atoms with Crippen LogP contribution in [-0.2, 0) is 16.0 Å². The van der Waals surface area contributed by atoms with E-state index in [0.29, 0.717) is 12.2 Å². The molecule has 1 aromatic rings. The largest absolute Gasteiger partial charge is 0.462 e. The summed E-state index contributed by atoms with van der Waals surface area (Å²) >= 11 is 0. The molecular formula is C18H24O2. The molecule has 0 aliphatic rings. The van der Waals surface area contributed by atoms with Gasteiger partial charge in [0.15, 0.2) is 0 Å². The Kier molecular flexibility index (Phi) is 9.67. The predicted octanol–water partition coefficient (Wildman–Crippen LogP) is 4.41. The van der Waals surface area contributed by atoms with Crippen molar-refractivity contribution in [2.75, 3.05) is 6.61 Å². The van der Waals surface area contributed by atoms with E-state index < -0.39 is 0 Å². The highest BCUT2D eigenvalue weighted by molar-refractivity contribution is 5.86. The van der Waals surface area contributed by atoms with Crippen LogP contribution in [0.4, 0.5) is 0 Å². The zero-order chi connectivity index (χ0) is 15.4. The molecule has 1 aromatic carbocycles. The molecule has 20 heavy (non-hydrogen) atoms. The van der Waals surface area contributed by atoms with Gasteiger partial charge in [-0.25, -0.2) is 4.79 Å². The minimum atomic E-state index is -0.301. The zero-order valence-electron chi connectivity index (χ0n) is 12.5. The average molecular weight is 272 g/mol. The summed E-state index contributed by atoms with van der Waals surface area (Å²) < 4.78 is 5.03. The Balaban J connectivity index is 0.000000796. The number of benzene rings is 1. The van der Waals surface area contributed by atoms with Crippen molar-refractivity contribution in [1.82, 2.24) is 0 Å². The number of aryl methyl sites for hydroxylation is 2. The van der Waals surface area contributed by atoms with Crippen molar-refractivity contribution in [1.29, 1.82) is 0 Å². The van der Waals surface area contributed by atoms with Crippen molar-refractivity contribution in [2.45, 2.75) is 26.7 Å². The number of allylic oxidation sites excluding steroid dienone is 2. The van der Waals surface area contributed by atoms with E-state index >= 15 is 0 Å². The van der Waals surface area contributed by atoms with Crippen LogP contribution in [-0.4, -0.2) is 12.6 Å². The highest BCUT2D eigenvalue weighted by Gasteiger charge is 2.02. The van der Waals surface area contributed by atoms with Gasteiger partial charge in [0, 0.05) is 5.57 Å². The minimum absolute atomic E-state index is 0.301. The molecule has 0 amide bonds. The first-order valence-corrected chi connectivity index (χ1v) is 6.63. The molecule has 0 unspecified atom stereocenters. The Hall–Kier alpha value is -2.09. The molecular weight excluding hydrogens is 248 g/mol. The summed E-state index contributed by atoms with van der Waals surface area (Å²) in [7, 11) is 0. The Morgan fingerprint density at radius 3 is 2.35 bits per heavy atom. The number of hydrogen-bond donors (Lipinski definition) is 0. The average Bonchev–Trinajstić information content (AvgIpc) is 2.45. The third-order valence-electron chi connectivity index (χ3n) is 2.60. The number of carbonyl (C=O) groups is 1. The van der Waals surface area contributed by atoms with Gasteiger partial charge in [0.2, 0.25) is 0 Å². The normalized spacial score (nSPS) is 8.90. The number of rotatable bonds is 6.